The molecule has 0 amide bonds. The Bertz CT molecular complexity index is 626. The minimum absolute atomic E-state index is 0.110. The van der Waals surface area contributed by atoms with E-state index in [2.05, 4.69) is 0 Å². The van der Waals surface area contributed by atoms with E-state index in [0.29, 0.717) is 15.8 Å². The maximum Gasteiger partial charge on any atom is 0.271 e. The quantitative estimate of drug-likeness (QED) is 0.566. The minimum atomic E-state index is -0.536. The fraction of sp³-hybridized carbons (Fsp3) is 0. The molecule has 4 nitrogen and oxygen atoms in total. The van der Waals surface area contributed by atoms with E-state index >= 15 is 0 Å². The van der Waals surface area contributed by atoms with Crippen molar-refractivity contribution in [2.45, 2.75) is 0 Å². The van der Waals surface area contributed by atoms with Crippen molar-refractivity contribution in [3.63, 3.8) is 0 Å². The molecule has 0 N–H and O–H groups in total. The predicted octanol–water partition coefficient (Wildman–Crippen LogP) is 5.35. The average molecular weight is 319 g/mol. The zero-order valence-electron chi connectivity index (χ0n) is 9.27. The molecule has 2 rings (SSSR count). The molecule has 0 atom stereocenters. The summed E-state index contributed by atoms with van der Waals surface area (Å²) in [5.41, 5.74) is -0.110. The van der Waals surface area contributed by atoms with Gasteiger partial charge >= 0.3 is 0 Å². The fourth-order valence-corrected chi connectivity index (χ4v) is 2.12. The molecule has 0 aromatic heterocycles. The summed E-state index contributed by atoms with van der Waals surface area (Å²) in [6.45, 7) is 0. The van der Waals surface area contributed by atoms with Gasteiger partial charge in [0.2, 0.25) is 0 Å². The van der Waals surface area contributed by atoms with Gasteiger partial charge in [0.25, 0.3) is 5.69 Å². The van der Waals surface area contributed by atoms with Crippen molar-refractivity contribution in [1.82, 2.24) is 0 Å². The summed E-state index contributed by atoms with van der Waals surface area (Å²) in [6.07, 6.45) is 0. The second-order valence-electron chi connectivity index (χ2n) is 3.58. The second-order valence-corrected chi connectivity index (χ2v) is 4.86. The highest BCUT2D eigenvalue weighted by atomic mass is 35.5. The van der Waals surface area contributed by atoms with Crippen LogP contribution in [-0.4, -0.2) is 4.92 Å². The predicted molar refractivity (Wildman–Crippen MR) is 74.6 cm³/mol. The highest BCUT2D eigenvalue weighted by Gasteiger charge is 2.11. The van der Waals surface area contributed by atoms with Crippen molar-refractivity contribution >= 4 is 40.5 Å². The van der Waals surface area contributed by atoms with Crippen LogP contribution in [0.3, 0.4) is 0 Å². The molecule has 0 saturated carbocycles. The number of hydrogen-bond donors (Lipinski definition) is 0. The van der Waals surface area contributed by atoms with Gasteiger partial charge in [-0.1, -0.05) is 34.8 Å². The van der Waals surface area contributed by atoms with E-state index < -0.39 is 4.92 Å². The lowest BCUT2D eigenvalue weighted by molar-refractivity contribution is -0.384. The Morgan fingerprint density at radius 3 is 2.16 bits per heavy atom. The number of non-ortho nitro benzene ring substituents is 1. The standard InChI is InChI=1S/C12H6Cl3NO3/c13-7-3-8(14)5-10(4-7)19-12-2-1-9(16(17)18)6-11(12)15/h1-6H. The van der Waals surface area contributed by atoms with E-state index in [4.69, 9.17) is 39.5 Å². The van der Waals surface area contributed by atoms with Crippen LogP contribution in [0.25, 0.3) is 0 Å². The SMILES string of the molecule is O=[N+]([O-])c1ccc(Oc2cc(Cl)cc(Cl)c2)c(Cl)c1. The van der Waals surface area contributed by atoms with E-state index in [1.54, 1.807) is 18.2 Å². The first kappa shape index (κ1) is 13.9. The number of hydrogen-bond acceptors (Lipinski definition) is 3. The molecular weight excluding hydrogens is 312 g/mol. The molecule has 98 valence electrons. The maximum absolute atomic E-state index is 10.6. The summed E-state index contributed by atoms with van der Waals surface area (Å²) in [7, 11) is 0. The number of ether oxygens (including phenoxy) is 1. The number of halogens is 3. The van der Waals surface area contributed by atoms with Crippen LogP contribution >= 0.6 is 34.8 Å². The topological polar surface area (TPSA) is 52.4 Å². The lowest BCUT2D eigenvalue weighted by Gasteiger charge is -2.08. The van der Waals surface area contributed by atoms with Crippen LogP contribution < -0.4 is 4.74 Å². The molecule has 0 radical (unpaired) electrons. The maximum atomic E-state index is 10.6. The van der Waals surface area contributed by atoms with Crippen LogP contribution in [0.4, 0.5) is 5.69 Å². The molecule has 0 aliphatic rings. The molecule has 0 fully saturated rings. The summed E-state index contributed by atoms with van der Waals surface area (Å²) < 4.78 is 5.48. The first-order valence-electron chi connectivity index (χ1n) is 5.03. The van der Waals surface area contributed by atoms with Gasteiger partial charge in [0.05, 0.1) is 9.95 Å². The number of nitro groups is 1. The molecule has 0 aliphatic carbocycles. The summed E-state index contributed by atoms with van der Waals surface area (Å²) in [6, 6.07) is 8.61. The van der Waals surface area contributed by atoms with Crippen molar-refractivity contribution in [1.29, 1.82) is 0 Å². The Morgan fingerprint density at radius 1 is 1.00 bits per heavy atom. The van der Waals surface area contributed by atoms with Crippen LogP contribution in [0.1, 0.15) is 0 Å². The molecule has 7 heteroatoms. The van der Waals surface area contributed by atoms with Gasteiger partial charge in [-0.3, -0.25) is 10.1 Å². The summed E-state index contributed by atoms with van der Waals surface area (Å²) >= 11 is 17.6. The minimum Gasteiger partial charge on any atom is -0.456 e. The van der Waals surface area contributed by atoms with E-state index in [0.717, 1.165) is 0 Å². The van der Waals surface area contributed by atoms with Crippen molar-refractivity contribution in [2.75, 3.05) is 0 Å². The van der Waals surface area contributed by atoms with Crippen molar-refractivity contribution in [3.8, 4) is 11.5 Å². The number of nitro benzene ring substituents is 1. The van der Waals surface area contributed by atoms with Gasteiger partial charge in [-0.15, -0.1) is 0 Å². The largest absolute Gasteiger partial charge is 0.456 e. The summed E-state index contributed by atoms with van der Waals surface area (Å²) in [5.74, 6) is 0.679. The Labute approximate surface area is 123 Å². The van der Waals surface area contributed by atoms with Gasteiger partial charge in [-0.05, 0) is 24.3 Å². The molecule has 0 spiro atoms. The lowest BCUT2D eigenvalue weighted by atomic mass is 10.3. The van der Waals surface area contributed by atoms with Gasteiger partial charge in [0.15, 0.2) is 0 Å². The summed E-state index contributed by atoms with van der Waals surface area (Å²) in [4.78, 5) is 10.0. The van der Waals surface area contributed by atoms with E-state index in [-0.39, 0.29) is 16.5 Å². The van der Waals surface area contributed by atoms with Gasteiger partial charge in [-0.2, -0.15) is 0 Å². The Kier molecular flexibility index (Phi) is 4.14. The van der Waals surface area contributed by atoms with Crippen molar-refractivity contribution < 1.29 is 9.66 Å². The zero-order valence-corrected chi connectivity index (χ0v) is 11.5. The first-order valence-corrected chi connectivity index (χ1v) is 6.17. The van der Waals surface area contributed by atoms with Gasteiger partial charge in [0, 0.05) is 22.2 Å². The monoisotopic (exact) mass is 317 g/mol. The van der Waals surface area contributed by atoms with Gasteiger partial charge in [-0.25, -0.2) is 0 Å². The number of rotatable bonds is 3. The van der Waals surface area contributed by atoms with Crippen LogP contribution in [0.2, 0.25) is 15.1 Å². The third-order valence-electron chi connectivity index (χ3n) is 2.19. The van der Waals surface area contributed by atoms with E-state index in [1.807, 2.05) is 0 Å². The Morgan fingerprint density at radius 2 is 1.63 bits per heavy atom. The molecule has 2 aromatic carbocycles. The smallest absolute Gasteiger partial charge is 0.271 e. The third kappa shape index (κ3) is 3.50. The molecule has 0 unspecified atom stereocenters. The van der Waals surface area contributed by atoms with E-state index in [1.165, 1.54) is 18.2 Å². The van der Waals surface area contributed by atoms with Crippen molar-refractivity contribution in [3.05, 3.63) is 61.6 Å². The molecule has 0 saturated heterocycles. The molecule has 0 heterocycles. The fourth-order valence-electron chi connectivity index (χ4n) is 1.40. The number of benzene rings is 2. The highest BCUT2D eigenvalue weighted by Crippen LogP contribution is 2.34. The van der Waals surface area contributed by atoms with Gasteiger partial charge < -0.3 is 4.74 Å². The van der Waals surface area contributed by atoms with Crippen LogP contribution in [-0.2, 0) is 0 Å². The summed E-state index contributed by atoms with van der Waals surface area (Å²) in [5, 5.41) is 11.5. The van der Waals surface area contributed by atoms with Crippen LogP contribution in [0, 0.1) is 10.1 Å². The molecule has 2 aromatic rings. The van der Waals surface area contributed by atoms with Crippen molar-refractivity contribution in [2.24, 2.45) is 0 Å². The number of nitrogens with zero attached hydrogens (tertiary/aromatic N) is 1. The van der Waals surface area contributed by atoms with E-state index in [9.17, 15) is 10.1 Å². The molecular formula is C12H6Cl3NO3. The zero-order chi connectivity index (χ0) is 14.0. The van der Waals surface area contributed by atoms with Crippen LogP contribution in [0.5, 0.6) is 11.5 Å². The first-order chi connectivity index (χ1) is 8.95. The highest BCUT2D eigenvalue weighted by molar-refractivity contribution is 6.34. The lowest BCUT2D eigenvalue weighted by Crippen LogP contribution is -1.90. The van der Waals surface area contributed by atoms with Crippen LogP contribution in [0.15, 0.2) is 36.4 Å². The third-order valence-corrected chi connectivity index (χ3v) is 2.92. The average Bonchev–Trinajstić information content (AvgIpc) is 2.30. The normalized spacial score (nSPS) is 10.3. The Balaban J connectivity index is 2.30. The molecule has 19 heavy (non-hydrogen) atoms. The Hall–Kier alpha value is -1.49. The van der Waals surface area contributed by atoms with Gasteiger partial charge in [0.1, 0.15) is 11.5 Å². The second kappa shape index (κ2) is 5.65. The molecule has 0 bridgehead atoms. The molecule has 0 aliphatic heterocycles.